The lowest BCUT2D eigenvalue weighted by Gasteiger charge is -2.41. The molecule has 3 heterocycles. The Bertz CT molecular complexity index is 3460. The number of carbonyl (C=O) groups excluding carboxylic acids is 7. The molecule has 15 atom stereocenters. The summed E-state index contributed by atoms with van der Waals surface area (Å²) in [5.41, 5.74) is 1.10. The summed E-state index contributed by atoms with van der Waals surface area (Å²) in [6, 6.07) is 14.0. The fourth-order valence-corrected chi connectivity index (χ4v) is 12.7. The average Bonchev–Trinajstić information content (AvgIpc) is 0.859. The fraction of sp³-hybridized carbons (Fsp3) is 0.582. The van der Waals surface area contributed by atoms with Crippen molar-refractivity contribution in [2.75, 3.05) is 46.7 Å². The van der Waals surface area contributed by atoms with Crippen molar-refractivity contribution in [3.63, 3.8) is 0 Å². The summed E-state index contributed by atoms with van der Waals surface area (Å²) in [5.74, 6) is -6.79. The normalized spacial score (nSPS) is 20.5. The number of methoxy groups -OCH3 is 2. The molecule has 0 radical (unpaired) electrons. The van der Waals surface area contributed by atoms with Crippen molar-refractivity contribution in [3.8, 4) is 17.1 Å². The van der Waals surface area contributed by atoms with Crippen molar-refractivity contribution >= 4 is 66.1 Å². The van der Waals surface area contributed by atoms with E-state index in [9.17, 15) is 78.2 Å². The third kappa shape index (κ3) is 21.2. The maximum Gasteiger partial charge on any atom is 0.410 e. The topological polar surface area (TPSA) is 451 Å². The summed E-state index contributed by atoms with van der Waals surface area (Å²) in [6.07, 6.45) is -12.4. The highest BCUT2D eigenvalue weighted by molar-refractivity contribution is 7.60. The Labute approximate surface area is 580 Å². The zero-order valence-corrected chi connectivity index (χ0v) is 59.1. The Morgan fingerprint density at radius 1 is 0.780 bits per heavy atom. The van der Waals surface area contributed by atoms with Gasteiger partial charge in [-0.2, -0.15) is 0 Å². The minimum atomic E-state index is -4.47. The van der Waals surface area contributed by atoms with E-state index in [-0.39, 0.29) is 83.9 Å². The van der Waals surface area contributed by atoms with Crippen molar-refractivity contribution in [2.45, 2.75) is 186 Å². The minimum absolute atomic E-state index is 0.00662. The van der Waals surface area contributed by atoms with Gasteiger partial charge in [0.15, 0.2) is 11.9 Å². The number of carboxylic acids is 1. The third-order valence-electron chi connectivity index (χ3n) is 18.0. The number of hydrogen-bond acceptors (Lipinski definition) is 22. The number of aliphatic carboxylic acids is 1. The second-order valence-electron chi connectivity index (χ2n) is 25.9. The zero-order valence-electron chi connectivity index (χ0n) is 58.2. The van der Waals surface area contributed by atoms with Gasteiger partial charge >= 0.3 is 19.7 Å². The van der Waals surface area contributed by atoms with Gasteiger partial charge in [-0.1, -0.05) is 103 Å². The molecule has 0 unspecified atom stereocenters. The van der Waals surface area contributed by atoms with Crippen LogP contribution in [0.3, 0.4) is 0 Å². The van der Waals surface area contributed by atoms with Gasteiger partial charge in [-0.15, -0.1) is 20.4 Å². The van der Waals surface area contributed by atoms with Gasteiger partial charge < -0.3 is 90.1 Å². The highest BCUT2D eigenvalue weighted by atomic mass is 31.2. The Hall–Kier alpha value is -8.17. The molecular formula is C67H96N11O21P. The maximum absolute atomic E-state index is 14.9. The maximum atomic E-state index is 14.9. The first-order valence-corrected chi connectivity index (χ1v) is 34.7. The van der Waals surface area contributed by atoms with Gasteiger partial charge in [0.05, 0.1) is 59.8 Å². The van der Waals surface area contributed by atoms with Crippen molar-refractivity contribution in [2.24, 2.45) is 23.7 Å². The summed E-state index contributed by atoms with van der Waals surface area (Å²) in [6.45, 7) is 13.9. The molecule has 0 bridgehead atoms. The van der Waals surface area contributed by atoms with Crippen LogP contribution in [0.25, 0.3) is 11.4 Å². The summed E-state index contributed by atoms with van der Waals surface area (Å²) in [7, 11) is 1.42. The number of hydrogen-bond donors (Lipinski definition) is 11. The first kappa shape index (κ1) is 80.8. The molecular weight excluding hydrogens is 1330 g/mol. The van der Waals surface area contributed by atoms with Crippen LogP contribution in [0.4, 0.5) is 10.5 Å². The van der Waals surface area contributed by atoms with E-state index in [1.807, 2.05) is 19.9 Å². The lowest BCUT2D eigenvalue weighted by molar-refractivity contribution is -0.271. The number of aliphatic hydroxyl groups excluding tert-OH is 4. The molecule has 4 aromatic rings. The monoisotopic (exact) mass is 1420 g/mol. The van der Waals surface area contributed by atoms with Crippen LogP contribution < -0.4 is 31.3 Å². The van der Waals surface area contributed by atoms with E-state index < -0.39 is 147 Å². The number of aromatic nitrogens is 4. The van der Waals surface area contributed by atoms with Crippen LogP contribution >= 0.6 is 7.60 Å². The Balaban J connectivity index is 1.09. The van der Waals surface area contributed by atoms with Crippen molar-refractivity contribution in [3.05, 3.63) is 89.7 Å². The number of nitrogens with zero attached hydrogens (tertiary/aromatic N) is 7. The number of nitrogens with one attached hydrogen (secondary N) is 4. The number of benzene rings is 3. The van der Waals surface area contributed by atoms with Crippen LogP contribution in [-0.4, -0.2) is 232 Å². The lowest BCUT2D eigenvalue weighted by atomic mass is 9.89. The number of likely N-dealkylation sites (N-methyl/N-ethyl adjacent to an activating group) is 2. The molecule has 3 aromatic carbocycles. The van der Waals surface area contributed by atoms with Gasteiger partial charge in [0.25, 0.3) is 0 Å². The Morgan fingerprint density at radius 3 is 2.03 bits per heavy atom. The van der Waals surface area contributed by atoms with Crippen molar-refractivity contribution < 1.29 is 102 Å². The predicted octanol–water partition coefficient (Wildman–Crippen LogP) is 1.98. The molecule has 550 valence electrons. The molecule has 2 fully saturated rings. The molecule has 6 rings (SSSR count). The van der Waals surface area contributed by atoms with Crippen LogP contribution in [-0.2, 0) is 70.1 Å². The number of ether oxygens (including phenoxy) is 5. The van der Waals surface area contributed by atoms with Gasteiger partial charge in [0.1, 0.15) is 42.8 Å². The quantitative estimate of drug-likeness (QED) is 0.0298. The number of aliphatic hydroxyl groups is 4. The summed E-state index contributed by atoms with van der Waals surface area (Å²) in [5, 5.41) is 79.0. The number of amides is 7. The number of carboxylic acid groups (broad SMARTS) is 1. The number of likely N-dealkylation sites (tertiary alicyclic amines) is 1. The van der Waals surface area contributed by atoms with E-state index in [1.165, 1.54) is 68.6 Å². The third-order valence-corrected chi connectivity index (χ3v) is 19.0. The van der Waals surface area contributed by atoms with E-state index in [2.05, 4.69) is 41.7 Å². The van der Waals surface area contributed by atoms with E-state index in [4.69, 9.17) is 23.7 Å². The van der Waals surface area contributed by atoms with Crippen LogP contribution in [0.2, 0.25) is 0 Å². The highest BCUT2D eigenvalue weighted by Gasteiger charge is 2.49. The molecule has 2 saturated heterocycles. The van der Waals surface area contributed by atoms with Crippen LogP contribution in [0, 0.1) is 23.7 Å². The summed E-state index contributed by atoms with van der Waals surface area (Å²) >= 11 is 0. The Kier molecular flexibility index (Phi) is 29.9. The average molecular weight is 1420 g/mol. The first-order chi connectivity index (χ1) is 47.2. The number of rotatable bonds is 34. The molecule has 32 nitrogen and oxygen atoms in total. The largest absolute Gasteiger partial charge is 0.479 e. The van der Waals surface area contributed by atoms with E-state index >= 15 is 0 Å². The van der Waals surface area contributed by atoms with Gasteiger partial charge in [-0.3, -0.25) is 38.2 Å². The van der Waals surface area contributed by atoms with Crippen LogP contribution in [0.15, 0.2) is 72.8 Å². The smallest absolute Gasteiger partial charge is 0.410 e. The molecule has 0 saturated carbocycles. The van der Waals surface area contributed by atoms with E-state index in [0.29, 0.717) is 36.9 Å². The van der Waals surface area contributed by atoms with E-state index in [0.717, 1.165) is 4.90 Å². The first-order valence-electron chi connectivity index (χ1n) is 33.1. The number of carbonyl (C=O) groups is 8. The number of anilines is 1. The van der Waals surface area contributed by atoms with Crippen molar-refractivity contribution in [1.29, 1.82) is 0 Å². The van der Waals surface area contributed by atoms with Gasteiger partial charge in [0.2, 0.25) is 47.6 Å². The molecule has 7 amide bonds. The van der Waals surface area contributed by atoms with Gasteiger partial charge in [-0.25, -0.2) is 9.59 Å². The SMILES string of the molecule is CC[C@H](C)[C@@H]([C@@H](CC(=O)N1CCC[C@H]1[C@H](OC)[C@@H](C)C(=O)N[C@H](C)[C@@H](O)c1ccccc1)OC)N(C)C(=O)[C@@H](NC(=O)[C@H](C(C)C)N(C)C(=O)OCc1ccc(O[C@@H]2O[C@H](C(=O)O)[C@@H](O)[C@H](O)[C@H]2O)c(NC(=O)CCNC(=O)CCc2nnc(-c3ccc(P(=O)(O)O)cc3)nn2)c1)C(C)C. The molecule has 1 aromatic heterocycles. The Morgan fingerprint density at radius 2 is 1.44 bits per heavy atom. The highest BCUT2D eigenvalue weighted by Crippen LogP contribution is 2.35. The second kappa shape index (κ2) is 37.0. The molecule has 100 heavy (non-hydrogen) atoms. The zero-order chi connectivity index (χ0) is 74.0. The van der Waals surface area contributed by atoms with Gasteiger partial charge in [0, 0.05) is 66.2 Å². The molecule has 2 aliphatic heterocycles. The van der Waals surface area contributed by atoms with E-state index in [1.54, 1.807) is 77.8 Å². The number of aryl methyl sites for hydroxylation is 1. The molecule has 0 spiro atoms. The summed E-state index contributed by atoms with van der Waals surface area (Å²) < 4.78 is 40.4. The van der Waals surface area contributed by atoms with Crippen LogP contribution in [0.1, 0.15) is 117 Å². The van der Waals surface area contributed by atoms with Crippen molar-refractivity contribution in [1.82, 2.24) is 51.0 Å². The minimum Gasteiger partial charge on any atom is -0.479 e. The van der Waals surface area contributed by atoms with Crippen LogP contribution in [0.5, 0.6) is 5.75 Å². The molecule has 2 aliphatic rings. The molecule has 0 aliphatic carbocycles. The molecule has 11 N–H and O–H groups in total. The fourth-order valence-electron chi connectivity index (χ4n) is 12.2. The summed E-state index contributed by atoms with van der Waals surface area (Å²) in [4.78, 5) is 133. The van der Waals surface area contributed by atoms with Gasteiger partial charge in [-0.05, 0) is 72.9 Å². The second-order valence-corrected chi connectivity index (χ2v) is 27.5. The lowest BCUT2D eigenvalue weighted by Crippen LogP contribution is -2.61. The standard InChI is InChI=1S/C67H96N11O21P/c1-13-37(6)54(47(95-11)33-51(81)78-31-17-20-45(78)59(96-12)38(7)62(86)69-39(8)55(82)41-18-15-14-16-19-41)76(9)64(88)52(35(2)3)71-63(87)53(36(4)5)77(10)67(91)97-34-40-21-26-46(98-66-58(85)56(83)57(84)60(99-66)65(89)90)44(32-40)70-50(80)29-30-68-49(79)28-27-48-72-74-61(75-73-48)42-22-24-43(25-23-42)100(92,93)94/h14-16,18-19,21-26,32,35-39,45,47,52-60,66,82-85H,13,17,20,27-31,33-34H2,1-12H3,(H,68,79)(H,69,86)(H,70,80)(H,71,87)(H,89,90)(H2,92,93,94)/t37-,38+,39+,45-,47+,52-,53-,54-,55+,56-,57-,58+,59+,60-,66+/m0/s1. The predicted molar refractivity (Wildman–Crippen MR) is 359 cm³/mol. The molecule has 33 heteroatoms.